The Morgan fingerprint density at radius 2 is 2.35 bits per heavy atom. The number of rotatable bonds is 7. The van der Waals surface area contributed by atoms with E-state index in [2.05, 4.69) is 17.2 Å². The second-order valence-electron chi connectivity index (χ2n) is 4.50. The van der Waals surface area contributed by atoms with Crippen LogP contribution in [0.4, 0.5) is 11.4 Å². The quantitative estimate of drug-likeness (QED) is 0.625. The van der Waals surface area contributed by atoms with Crippen LogP contribution in [0, 0.1) is 10.1 Å². The third kappa shape index (κ3) is 3.05. The highest BCUT2D eigenvalue weighted by atomic mass is 32.1. The average Bonchev–Trinajstić information content (AvgIpc) is 2.86. The lowest BCUT2D eigenvalue weighted by Crippen LogP contribution is -2.25. The molecule has 2 rings (SSSR count). The first kappa shape index (κ1) is 14.7. The van der Waals surface area contributed by atoms with Crippen LogP contribution in [0.1, 0.15) is 19.8 Å². The summed E-state index contributed by atoms with van der Waals surface area (Å²) in [6, 6.07) is 3.66. The van der Waals surface area contributed by atoms with E-state index in [4.69, 9.17) is 4.74 Å². The summed E-state index contributed by atoms with van der Waals surface area (Å²) in [6.07, 6.45) is 1.87. The molecule has 6 nitrogen and oxygen atoms in total. The van der Waals surface area contributed by atoms with E-state index in [0.29, 0.717) is 17.8 Å². The van der Waals surface area contributed by atoms with E-state index in [9.17, 15) is 10.1 Å². The number of nitrogens with zero attached hydrogens (tertiary/aromatic N) is 2. The Bertz CT molecular complexity index is 594. The van der Waals surface area contributed by atoms with Crippen molar-refractivity contribution >= 4 is 32.9 Å². The molecule has 0 radical (unpaired) electrons. The van der Waals surface area contributed by atoms with Gasteiger partial charge in [0.05, 0.1) is 21.7 Å². The summed E-state index contributed by atoms with van der Waals surface area (Å²) < 4.78 is 5.98. The number of ether oxygens (including phenoxy) is 1. The van der Waals surface area contributed by atoms with Crippen LogP contribution >= 0.6 is 11.3 Å². The molecule has 1 unspecified atom stereocenters. The van der Waals surface area contributed by atoms with Gasteiger partial charge in [0.15, 0.2) is 5.52 Å². The van der Waals surface area contributed by atoms with Crippen LogP contribution in [0.3, 0.4) is 0 Å². The Kier molecular flexibility index (Phi) is 4.86. The number of nitro benzene ring substituents is 1. The molecule has 0 aliphatic rings. The molecule has 7 heteroatoms. The van der Waals surface area contributed by atoms with E-state index in [0.717, 1.165) is 17.5 Å². The van der Waals surface area contributed by atoms with Gasteiger partial charge < -0.3 is 10.1 Å². The van der Waals surface area contributed by atoms with Crippen molar-refractivity contribution in [2.24, 2.45) is 0 Å². The second-order valence-corrected chi connectivity index (χ2v) is 5.39. The van der Waals surface area contributed by atoms with Gasteiger partial charge in [-0.3, -0.25) is 10.1 Å². The minimum Gasteiger partial charge on any atom is -0.383 e. The summed E-state index contributed by atoms with van der Waals surface area (Å²) in [5, 5.41) is 14.5. The number of nitrogens with one attached hydrogen (secondary N) is 1. The molecular formula is C13H17N3O3S. The van der Waals surface area contributed by atoms with Crippen LogP contribution in [0.25, 0.3) is 10.2 Å². The number of fused-ring (bicyclic) bond motifs is 1. The Balaban J connectivity index is 2.37. The number of thiazole rings is 1. The lowest BCUT2D eigenvalue weighted by atomic mass is 10.1. The van der Waals surface area contributed by atoms with E-state index in [-0.39, 0.29) is 16.7 Å². The lowest BCUT2D eigenvalue weighted by Gasteiger charge is -2.18. The van der Waals surface area contributed by atoms with Crippen molar-refractivity contribution in [3.63, 3.8) is 0 Å². The van der Waals surface area contributed by atoms with Gasteiger partial charge in [0.1, 0.15) is 5.69 Å². The molecule has 0 fully saturated rings. The summed E-state index contributed by atoms with van der Waals surface area (Å²) in [5.41, 5.74) is 2.61. The van der Waals surface area contributed by atoms with Gasteiger partial charge in [-0.05, 0) is 18.6 Å². The van der Waals surface area contributed by atoms with Gasteiger partial charge in [0, 0.05) is 13.2 Å². The molecule has 0 bridgehead atoms. The summed E-state index contributed by atoms with van der Waals surface area (Å²) in [4.78, 5) is 15.1. The van der Waals surface area contributed by atoms with E-state index in [1.54, 1.807) is 18.7 Å². The fraction of sp³-hybridized carbons (Fsp3) is 0.462. The minimum atomic E-state index is -0.375. The van der Waals surface area contributed by atoms with Gasteiger partial charge in [-0.2, -0.15) is 0 Å². The van der Waals surface area contributed by atoms with Crippen molar-refractivity contribution in [3.05, 3.63) is 27.8 Å². The smallest absolute Gasteiger partial charge is 0.319 e. The van der Waals surface area contributed by atoms with Gasteiger partial charge in [-0.25, -0.2) is 4.98 Å². The summed E-state index contributed by atoms with van der Waals surface area (Å²) in [5.74, 6) is 0. The molecule has 0 spiro atoms. The molecule has 0 aliphatic heterocycles. The first-order valence-corrected chi connectivity index (χ1v) is 7.31. The first-order chi connectivity index (χ1) is 9.67. The fourth-order valence-corrected chi connectivity index (χ4v) is 2.86. The van der Waals surface area contributed by atoms with Gasteiger partial charge in [-0.15, -0.1) is 11.3 Å². The van der Waals surface area contributed by atoms with Crippen LogP contribution in [-0.2, 0) is 4.74 Å². The van der Waals surface area contributed by atoms with E-state index in [1.165, 1.54) is 11.3 Å². The summed E-state index contributed by atoms with van der Waals surface area (Å²) in [6.45, 7) is 2.59. The molecule has 1 aromatic heterocycles. The molecule has 0 saturated heterocycles. The predicted octanol–water partition coefficient (Wildman–Crippen LogP) is 3.43. The average molecular weight is 295 g/mol. The number of anilines is 1. The molecule has 0 aliphatic carbocycles. The third-order valence-corrected chi connectivity index (χ3v) is 3.82. The zero-order valence-electron chi connectivity index (χ0n) is 11.5. The third-order valence-electron chi connectivity index (χ3n) is 3.02. The zero-order chi connectivity index (χ0) is 14.5. The number of aromatic nitrogens is 1. The van der Waals surface area contributed by atoms with Crippen LogP contribution in [0.2, 0.25) is 0 Å². The standard InChI is InChI=1S/C13H17N3O3S/c1-3-4-9(7-19-2)15-10-5-6-11-12(14-8-20-11)13(10)16(17)18/h5-6,8-9,15H,3-4,7H2,1-2H3. The molecule has 0 saturated carbocycles. The van der Waals surface area contributed by atoms with Gasteiger partial charge in [0.2, 0.25) is 0 Å². The van der Waals surface area contributed by atoms with Crippen molar-refractivity contribution in [2.45, 2.75) is 25.8 Å². The minimum absolute atomic E-state index is 0.0426. The number of hydrogen-bond donors (Lipinski definition) is 1. The van der Waals surface area contributed by atoms with Gasteiger partial charge >= 0.3 is 5.69 Å². The van der Waals surface area contributed by atoms with Crippen molar-refractivity contribution < 1.29 is 9.66 Å². The van der Waals surface area contributed by atoms with Crippen molar-refractivity contribution in [2.75, 3.05) is 19.0 Å². The van der Waals surface area contributed by atoms with Crippen LogP contribution in [0.5, 0.6) is 0 Å². The topological polar surface area (TPSA) is 77.3 Å². The molecule has 20 heavy (non-hydrogen) atoms. The number of methoxy groups -OCH3 is 1. The molecular weight excluding hydrogens is 278 g/mol. The Hall–Kier alpha value is -1.73. The maximum atomic E-state index is 11.3. The van der Waals surface area contributed by atoms with E-state index >= 15 is 0 Å². The second kappa shape index (κ2) is 6.62. The Morgan fingerprint density at radius 3 is 3.00 bits per heavy atom. The Morgan fingerprint density at radius 1 is 1.55 bits per heavy atom. The highest BCUT2D eigenvalue weighted by Crippen LogP contribution is 2.34. The lowest BCUT2D eigenvalue weighted by molar-refractivity contribution is -0.382. The fourth-order valence-electron chi connectivity index (χ4n) is 2.18. The molecule has 2 aromatic rings. The normalized spacial score (nSPS) is 12.5. The van der Waals surface area contributed by atoms with Gasteiger partial charge in [0.25, 0.3) is 0 Å². The number of nitro groups is 1. The van der Waals surface area contributed by atoms with E-state index < -0.39 is 0 Å². The van der Waals surface area contributed by atoms with Crippen molar-refractivity contribution in [1.29, 1.82) is 0 Å². The molecule has 0 amide bonds. The molecule has 1 N–H and O–H groups in total. The number of benzene rings is 1. The molecule has 1 heterocycles. The SMILES string of the molecule is CCCC(COC)Nc1ccc2scnc2c1[N+](=O)[O-]. The Labute approximate surface area is 120 Å². The highest BCUT2D eigenvalue weighted by Gasteiger charge is 2.22. The predicted molar refractivity (Wildman–Crippen MR) is 80.5 cm³/mol. The van der Waals surface area contributed by atoms with Crippen molar-refractivity contribution in [1.82, 2.24) is 4.98 Å². The van der Waals surface area contributed by atoms with Crippen molar-refractivity contribution in [3.8, 4) is 0 Å². The molecule has 108 valence electrons. The van der Waals surface area contributed by atoms with E-state index in [1.807, 2.05) is 6.07 Å². The monoisotopic (exact) mass is 295 g/mol. The van der Waals surface area contributed by atoms with Crippen LogP contribution < -0.4 is 5.32 Å². The summed E-state index contributed by atoms with van der Waals surface area (Å²) in [7, 11) is 1.63. The number of hydrogen-bond acceptors (Lipinski definition) is 6. The summed E-state index contributed by atoms with van der Waals surface area (Å²) >= 11 is 1.40. The van der Waals surface area contributed by atoms with Crippen LogP contribution in [0.15, 0.2) is 17.6 Å². The first-order valence-electron chi connectivity index (χ1n) is 6.43. The molecule has 1 aromatic carbocycles. The van der Waals surface area contributed by atoms with Crippen LogP contribution in [-0.4, -0.2) is 29.7 Å². The maximum absolute atomic E-state index is 11.3. The molecule has 1 atom stereocenters. The highest BCUT2D eigenvalue weighted by molar-refractivity contribution is 7.16. The zero-order valence-corrected chi connectivity index (χ0v) is 12.3. The maximum Gasteiger partial charge on any atom is 0.319 e. The van der Waals surface area contributed by atoms with Gasteiger partial charge in [-0.1, -0.05) is 13.3 Å². The largest absolute Gasteiger partial charge is 0.383 e.